The Bertz CT molecular complexity index is 591. The lowest BCUT2D eigenvalue weighted by molar-refractivity contribution is 0.551. The Morgan fingerprint density at radius 2 is 1.81 bits per heavy atom. The van der Waals surface area contributed by atoms with Crippen LogP contribution in [0, 0.1) is 12.8 Å². The summed E-state index contributed by atoms with van der Waals surface area (Å²) in [7, 11) is 0. The summed E-state index contributed by atoms with van der Waals surface area (Å²) in [5.41, 5.74) is 4.79. The molecule has 1 unspecified atom stereocenters. The van der Waals surface area contributed by atoms with Gasteiger partial charge in [0.25, 0.3) is 0 Å². The van der Waals surface area contributed by atoms with Crippen molar-refractivity contribution >= 4 is 11.6 Å². The highest BCUT2D eigenvalue weighted by atomic mass is 35.5. The van der Waals surface area contributed by atoms with Crippen LogP contribution in [0.4, 0.5) is 0 Å². The van der Waals surface area contributed by atoms with E-state index in [1.807, 2.05) is 0 Å². The lowest BCUT2D eigenvalue weighted by Gasteiger charge is -2.18. The molecule has 0 radical (unpaired) electrons. The van der Waals surface area contributed by atoms with Gasteiger partial charge in [-0.25, -0.2) is 4.98 Å². The number of benzene rings is 1. The fourth-order valence-electron chi connectivity index (χ4n) is 2.43. The summed E-state index contributed by atoms with van der Waals surface area (Å²) in [6.45, 7) is 10.9. The number of halogens is 1. The molecule has 0 saturated heterocycles. The minimum absolute atomic E-state index is 0.0286. The maximum Gasteiger partial charge on any atom is 0.137 e. The van der Waals surface area contributed by atoms with Gasteiger partial charge in [-0.15, -0.1) is 11.6 Å². The molecule has 0 saturated carbocycles. The van der Waals surface area contributed by atoms with E-state index in [1.54, 1.807) is 0 Å². The number of H-pyrrole nitrogens is 1. The largest absolute Gasteiger partial charge is 0.342 e. The van der Waals surface area contributed by atoms with Gasteiger partial charge in [0.15, 0.2) is 0 Å². The van der Waals surface area contributed by atoms with Crippen molar-refractivity contribution in [1.82, 2.24) is 9.97 Å². The minimum Gasteiger partial charge on any atom is -0.342 e. The van der Waals surface area contributed by atoms with Crippen molar-refractivity contribution < 1.29 is 0 Å². The number of hydrogen-bond donors (Lipinski definition) is 1. The average molecular weight is 305 g/mol. The number of imidazole rings is 1. The number of alkyl halides is 1. The van der Waals surface area contributed by atoms with Gasteiger partial charge in [-0.05, 0) is 19.3 Å². The second-order valence-electron chi connectivity index (χ2n) is 6.99. The van der Waals surface area contributed by atoms with Crippen LogP contribution in [0.15, 0.2) is 24.3 Å². The van der Waals surface area contributed by atoms with Crippen LogP contribution in [0.5, 0.6) is 0 Å². The number of rotatable bonds is 4. The molecule has 0 bridgehead atoms. The SMILES string of the molecule is Cc1ccc(-c2nc(C(C)(C)C)c(CC(C)CCl)[nH]2)cc1. The average Bonchev–Trinajstić information content (AvgIpc) is 2.83. The van der Waals surface area contributed by atoms with Crippen molar-refractivity contribution in [3.8, 4) is 11.4 Å². The molecule has 0 fully saturated rings. The predicted octanol–water partition coefficient (Wildman–Crippen LogP) is 5.10. The maximum absolute atomic E-state index is 5.98. The molecule has 2 aromatic rings. The van der Waals surface area contributed by atoms with E-state index in [0.29, 0.717) is 11.8 Å². The number of aromatic nitrogens is 2. The van der Waals surface area contributed by atoms with Gasteiger partial charge in [-0.1, -0.05) is 57.5 Å². The highest BCUT2D eigenvalue weighted by Gasteiger charge is 2.24. The Labute approximate surface area is 133 Å². The molecule has 1 atom stereocenters. The fraction of sp³-hybridized carbons (Fsp3) is 0.500. The number of nitrogens with zero attached hydrogens (tertiary/aromatic N) is 1. The molecule has 1 N–H and O–H groups in total. The van der Waals surface area contributed by atoms with Crippen LogP contribution in [0.3, 0.4) is 0 Å². The molecule has 21 heavy (non-hydrogen) atoms. The van der Waals surface area contributed by atoms with E-state index in [2.05, 4.69) is 63.9 Å². The number of aromatic amines is 1. The van der Waals surface area contributed by atoms with Gasteiger partial charge in [0.1, 0.15) is 5.82 Å². The van der Waals surface area contributed by atoms with Crippen molar-refractivity contribution in [2.24, 2.45) is 5.92 Å². The van der Waals surface area contributed by atoms with Crippen molar-refractivity contribution in [3.05, 3.63) is 41.2 Å². The van der Waals surface area contributed by atoms with Gasteiger partial charge >= 0.3 is 0 Å². The zero-order valence-electron chi connectivity index (χ0n) is 13.6. The highest BCUT2D eigenvalue weighted by Crippen LogP contribution is 2.29. The summed E-state index contributed by atoms with van der Waals surface area (Å²) in [6.07, 6.45) is 0.939. The van der Waals surface area contributed by atoms with E-state index in [0.717, 1.165) is 23.5 Å². The number of nitrogens with one attached hydrogen (secondary N) is 1. The molecule has 0 aliphatic heterocycles. The summed E-state index contributed by atoms with van der Waals surface area (Å²) in [5.74, 6) is 2.07. The molecule has 0 aliphatic carbocycles. The van der Waals surface area contributed by atoms with Crippen LogP contribution in [-0.2, 0) is 11.8 Å². The summed E-state index contributed by atoms with van der Waals surface area (Å²) < 4.78 is 0. The molecule has 0 aliphatic rings. The summed E-state index contributed by atoms with van der Waals surface area (Å²) in [5, 5.41) is 0. The third-order valence-corrected chi connectivity index (χ3v) is 4.16. The molecule has 1 aromatic heterocycles. The smallest absolute Gasteiger partial charge is 0.137 e. The Morgan fingerprint density at radius 1 is 1.19 bits per heavy atom. The van der Waals surface area contributed by atoms with E-state index in [9.17, 15) is 0 Å². The Kier molecular flexibility index (Phi) is 4.77. The van der Waals surface area contributed by atoms with Crippen LogP contribution in [0.2, 0.25) is 0 Å². The second kappa shape index (κ2) is 6.23. The summed E-state index contributed by atoms with van der Waals surface area (Å²) in [6, 6.07) is 8.48. The molecule has 2 nitrogen and oxygen atoms in total. The standard InChI is InChI=1S/C18H25ClN2/c1-12-6-8-14(9-7-12)17-20-15(10-13(2)11-19)16(21-17)18(3,4)5/h6-9,13H,10-11H2,1-5H3,(H,20,21). The molecule has 114 valence electrons. The van der Waals surface area contributed by atoms with Crippen LogP contribution < -0.4 is 0 Å². The first-order valence-electron chi connectivity index (χ1n) is 7.53. The van der Waals surface area contributed by atoms with E-state index >= 15 is 0 Å². The Morgan fingerprint density at radius 3 is 2.33 bits per heavy atom. The molecule has 1 aromatic carbocycles. The molecule has 0 spiro atoms. The first-order valence-corrected chi connectivity index (χ1v) is 8.07. The Balaban J connectivity index is 2.42. The second-order valence-corrected chi connectivity index (χ2v) is 7.30. The summed E-state index contributed by atoms with van der Waals surface area (Å²) in [4.78, 5) is 8.39. The topological polar surface area (TPSA) is 28.7 Å². The third-order valence-electron chi connectivity index (χ3n) is 3.63. The monoisotopic (exact) mass is 304 g/mol. The van der Waals surface area contributed by atoms with Gasteiger partial charge in [0.2, 0.25) is 0 Å². The van der Waals surface area contributed by atoms with Gasteiger partial charge in [0.05, 0.1) is 5.69 Å². The fourth-order valence-corrected chi connectivity index (χ4v) is 2.54. The van der Waals surface area contributed by atoms with E-state index in [-0.39, 0.29) is 5.41 Å². The molecule has 2 rings (SSSR count). The molecular weight excluding hydrogens is 280 g/mol. The van der Waals surface area contributed by atoms with Gasteiger partial charge in [0, 0.05) is 22.6 Å². The van der Waals surface area contributed by atoms with E-state index < -0.39 is 0 Å². The lowest BCUT2D eigenvalue weighted by Crippen LogP contribution is -2.16. The molecular formula is C18H25ClN2. The molecule has 0 amide bonds. The molecule has 1 heterocycles. The van der Waals surface area contributed by atoms with Crippen molar-refractivity contribution in [2.45, 2.75) is 46.5 Å². The number of aryl methyl sites for hydroxylation is 1. The van der Waals surface area contributed by atoms with Crippen molar-refractivity contribution in [2.75, 3.05) is 5.88 Å². The molecule has 3 heteroatoms. The van der Waals surface area contributed by atoms with Crippen molar-refractivity contribution in [1.29, 1.82) is 0 Å². The van der Waals surface area contributed by atoms with Crippen LogP contribution in [0.25, 0.3) is 11.4 Å². The minimum atomic E-state index is 0.0286. The quantitative estimate of drug-likeness (QED) is 0.782. The predicted molar refractivity (Wildman–Crippen MR) is 91.0 cm³/mol. The zero-order chi connectivity index (χ0) is 15.6. The van der Waals surface area contributed by atoms with E-state index in [1.165, 1.54) is 11.3 Å². The summed E-state index contributed by atoms with van der Waals surface area (Å²) >= 11 is 5.98. The van der Waals surface area contributed by atoms with Gasteiger partial charge < -0.3 is 4.98 Å². The van der Waals surface area contributed by atoms with Gasteiger partial charge in [-0.2, -0.15) is 0 Å². The normalized spacial score (nSPS) is 13.4. The van der Waals surface area contributed by atoms with E-state index in [4.69, 9.17) is 16.6 Å². The highest BCUT2D eigenvalue weighted by molar-refractivity contribution is 6.18. The lowest BCUT2D eigenvalue weighted by atomic mass is 9.89. The maximum atomic E-state index is 5.98. The first kappa shape index (κ1) is 16.1. The van der Waals surface area contributed by atoms with Crippen LogP contribution >= 0.6 is 11.6 Å². The Hall–Kier alpha value is -1.28. The zero-order valence-corrected chi connectivity index (χ0v) is 14.4. The third kappa shape index (κ3) is 3.88. The number of hydrogen-bond acceptors (Lipinski definition) is 1. The van der Waals surface area contributed by atoms with Crippen molar-refractivity contribution in [3.63, 3.8) is 0 Å². The van der Waals surface area contributed by atoms with Crippen LogP contribution in [-0.4, -0.2) is 15.8 Å². The first-order chi connectivity index (χ1) is 9.81. The van der Waals surface area contributed by atoms with Crippen LogP contribution in [0.1, 0.15) is 44.6 Å². The van der Waals surface area contributed by atoms with Gasteiger partial charge in [-0.3, -0.25) is 0 Å².